The maximum atomic E-state index is 11.5. The van der Waals surface area contributed by atoms with Crippen molar-refractivity contribution in [2.75, 3.05) is 0 Å². The number of thiophene rings is 1. The first-order valence-corrected chi connectivity index (χ1v) is 21.1. The fourth-order valence-electron chi connectivity index (χ4n) is 8.75. The second-order valence-corrected chi connectivity index (χ2v) is 21.4. The van der Waals surface area contributed by atoms with Crippen LogP contribution in [-0.4, -0.2) is 9.13 Å². The van der Waals surface area contributed by atoms with Crippen LogP contribution in [0.1, 0.15) is 111 Å². The number of rotatable bonds is 2. The van der Waals surface area contributed by atoms with E-state index in [0.717, 1.165) is 43.5 Å². The van der Waals surface area contributed by atoms with E-state index < -0.39 is 0 Å². The fraction of sp³-hybridized carbons (Fsp3) is 0.302. The molecule has 0 aliphatic rings. The molecule has 0 unspecified atom stereocenters. The van der Waals surface area contributed by atoms with Crippen molar-refractivity contribution in [3.8, 4) is 17.4 Å². The van der Waals surface area contributed by atoms with E-state index >= 15 is 0 Å². The van der Waals surface area contributed by atoms with Gasteiger partial charge < -0.3 is 9.13 Å². The van der Waals surface area contributed by atoms with E-state index in [4.69, 9.17) is 0 Å². The van der Waals surface area contributed by atoms with Crippen molar-refractivity contribution in [3.63, 3.8) is 0 Å². The molecule has 0 aliphatic heterocycles. The maximum Gasteiger partial charge on any atom is 0.103 e. The molecule has 3 aromatic heterocycles. The molecule has 9 aromatic rings. The summed E-state index contributed by atoms with van der Waals surface area (Å²) < 4.78 is 7.07. The van der Waals surface area contributed by atoms with Crippen molar-refractivity contribution < 1.29 is 0 Å². The second-order valence-electron chi connectivity index (χ2n) is 20.3. The first-order valence-electron chi connectivity index (χ1n) is 20.3. The first-order chi connectivity index (χ1) is 26.8. The zero-order valence-corrected chi connectivity index (χ0v) is 36.4. The van der Waals surface area contributed by atoms with Crippen LogP contribution in [0, 0.1) is 11.3 Å². The van der Waals surface area contributed by atoms with Gasteiger partial charge in [0.1, 0.15) is 6.07 Å². The van der Waals surface area contributed by atoms with E-state index in [2.05, 4.69) is 201 Å². The summed E-state index contributed by atoms with van der Waals surface area (Å²) in [4.78, 5) is 0. The molecule has 3 nitrogen and oxygen atoms in total. The summed E-state index contributed by atoms with van der Waals surface area (Å²) >= 11 is 1.72. The Labute approximate surface area is 341 Å². The van der Waals surface area contributed by atoms with Gasteiger partial charge in [0.15, 0.2) is 0 Å². The third kappa shape index (κ3) is 5.80. The molecule has 0 radical (unpaired) electrons. The Morgan fingerprint density at radius 3 is 1.21 bits per heavy atom. The van der Waals surface area contributed by atoms with Gasteiger partial charge in [0.25, 0.3) is 0 Å². The maximum absolute atomic E-state index is 11.5. The highest BCUT2D eigenvalue weighted by atomic mass is 32.1. The normalized spacial score (nSPS) is 13.2. The Hall–Kier alpha value is -5.37. The molecule has 0 N–H and O–H groups in total. The molecule has 0 atom stereocenters. The van der Waals surface area contributed by atoms with Crippen LogP contribution in [-0.2, 0) is 21.7 Å². The monoisotopic (exact) mass is 763 g/mol. The fourth-order valence-corrected chi connectivity index (χ4v) is 9.93. The van der Waals surface area contributed by atoms with Crippen molar-refractivity contribution in [1.29, 1.82) is 5.26 Å². The number of hydrogen-bond donors (Lipinski definition) is 0. The lowest BCUT2D eigenvalue weighted by atomic mass is 9.85. The van der Waals surface area contributed by atoms with Crippen molar-refractivity contribution in [2.45, 2.75) is 105 Å². The van der Waals surface area contributed by atoms with Crippen molar-refractivity contribution in [1.82, 2.24) is 9.13 Å². The second kappa shape index (κ2) is 12.3. The number of hydrogen-bond acceptors (Lipinski definition) is 2. The molecule has 0 spiro atoms. The van der Waals surface area contributed by atoms with Crippen LogP contribution in [0.3, 0.4) is 0 Å². The first kappa shape index (κ1) is 37.2. The van der Waals surface area contributed by atoms with Gasteiger partial charge in [-0.25, -0.2) is 0 Å². The summed E-state index contributed by atoms with van der Waals surface area (Å²) in [5.74, 6) is 0. The number of fused-ring (bicyclic) bond motifs is 9. The molecule has 3 heterocycles. The average Bonchev–Trinajstić information content (AvgIpc) is 3.79. The molecular weight excluding hydrogens is 711 g/mol. The van der Waals surface area contributed by atoms with E-state index in [0.29, 0.717) is 5.56 Å². The molecule has 0 fully saturated rings. The van der Waals surface area contributed by atoms with Crippen LogP contribution in [0.2, 0.25) is 0 Å². The SMILES string of the molecule is CC(C)(C)c1ccc2c(c1)c1cc(C(C)(C)C)ccc1n2-c1cc2c(sc3ccccc32)c(C#N)c1-n1c2ccc(C(C)(C)C)cc2c2cc(C(C)(C)C)ccc21. The van der Waals surface area contributed by atoms with Crippen LogP contribution >= 0.6 is 11.3 Å². The van der Waals surface area contributed by atoms with Gasteiger partial charge in [-0.05, 0) is 105 Å². The van der Waals surface area contributed by atoms with E-state index in [1.54, 1.807) is 11.3 Å². The molecule has 57 heavy (non-hydrogen) atoms. The lowest BCUT2D eigenvalue weighted by Crippen LogP contribution is -2.11. The number of benzene rings is 6. The standard InChI is InChI=1S/C53H53N3S/c1-50(2,3)31-17-21-42-36(25-31)37-26-32(51(4,5)6)18-22-43(37)55(42)46-29-40-35-15-13-14-16-47(35)57-49(40)41(30-54)48(46)56-44-23-19-33(52(7,8)9)27-38(44)39-28-34(53(10,11)12)20-24-45(39)56/h13-29H,1-12H3. The molecule has 286 valence electrons. The largest absolute Gasteiger partial charge is 0.307 e. The molecular formula is C53H53N3S. The van der Waals surface area contributed by atoms with Gasteiger partial charge in [0, 0.05) is 37.0 Å². The quantitative estimate of drug-likeness (QED) is 0.173. The molecule has 0 saturated heterocycles. The van der Waals surface area contributed by atoms with E-state index in [-0.39, 0.29) is 21.7 Å². The molecule has 9 rings (SSSR count). The minimum atomic E-state index is -0.0238. The Morgan fingerprint density at radius 2 is 0.825 bits per heavy atom. The Bertz CT molecular complexity index is 3020. The third-order valence-corrected chi connectivity index (χ3v) is 13.4. The van der Waals surface area contributed by atoms with Gasteiger partial charge in [-0.15, -0.1) is 11.3 Å². The van der Waals surface area contributed by atoms with E-state index in [1.807, 2.05) is 0 Å². The Morgan fingerprint density at radius 1 is 0.439 bits per heavy atom. The molecule has 6 aromatic carbocycles. The predicted octanol–water partition coefficient (Wildman–Crippen LogP) is 15.3. The van der Waals surface area contributed by atoms with Crippen molar-refractivity contribution in [2.24, 2.45) is 0 Å². The van der Waals surface area contributed by atoms with Crippen LogP contribution in [0.4, 0.5) is 0 Å². The minimum Gasteiger partial charge on any atom is -0.307 e. The molecule has 0 bridgehead atoms. The van der Waals surface area contributed by atoms with Gasteiger partial charge >= 0.3 is 0 Å². The summed E-state index contributed by atoms with van der Waals surface area (Å²) in [5, 5.41) is 18.7. The van der Waals surface area contributed by atoms with Gasteiger partial charge in [-0.3, -0.25) is 0 Å². The van der Waals surface area contributed by atoms with E-state index in [1.165, 1.54) is 53.9 Å². The lowest BCUT2D eigenvalue weighted by Gasteiger charge is -2.22. The summed E-state index contributed by atoms with van der Waals surface area (Å²) in [6.07, 6.45) is 0. The molecule has 4 heteroatoms. The third-order valence-electron chi connectivity index (χ3n) is 12.2. The molecule has 0 amide bonds. The van der Waals surface area contributed by atoms with Crippen LogP contribution in [0.5, 0.6) is 0 Å². The number of nitrogens with zero attached hydrogens (tertiary/aromatic N) is 3. The average molecular weight is 764 g/mol. The Balaban J connectivity index is 1.52. The Kier molecular flexibility index (Phi) is 8.04. The highest BCUT2D eigenvalue weighted by Crippen LogP contribution is 2.47. The highest BCUT2D eigenvalue weighted by Gasteiger charge is 2.28. The summed E-state index contributed by atoms with van der Waals surface area (Å²) in [6.45, 7) is 27.5. The summed E-state index contributed by atoms with van der Waals surface area (Å²) in [6, 6.07) is 41.8. The topological polar surface area (TPSA) is 33.6 Å². The molecule has 0 aliphatic carbocycles. The smallest absolute Gasteiger partial charge is 0.103 e. The van der Waals surface area contributed by atoms with Crippen molar-refractivity contribution >= 4 is 75.1 Å². The lowest BCUT2D eigenvalue weighted by molar-refractivity contribution is 0.590. The van der Waals surface area contributed by atoms with Gasteiger partial charge in [-0.1, -0.05) is 126 Å². The molecule has 0 saturated carbocycles. The summed E-state index contributed by atoms with van der Waals surface area (Å²) in [5.41, 5.74) is 12.2. The number of aromatic nitrogens is 2. The minimum absolute atomic E-state index is 0.0152. The van der Waals surface area contributed by atoms with Gasteiger partial charge in [-0.2, -0.15) is 5.26 Å². The zero-order valence-electron chi connectivity index (χ0n) is 35.6. The number of nitriles is 1. The van der Waals surface area contributed by atoms with Crippen LogP contribution < -0.4 is 0 Å². The van der Waals surface area contributed by atoms with Gasteiger partial charge in [0.2, 0.25) is 0 Å². The van der Waals surface area contributed by atoms with Gasteiger partial charge in [0.05, 0.1) is 43.7 Å². The summed E-state index contributed by atoms with van der Waals surface area (Å²) in [7, 11) is 0. The predicted molar refractivity (Wildman–Crippen MR) is 248 cm³/mol. The van der Waals surface area contributed by atoms with Crippen molar-refractivity contribution in [3.05, 3.63) is 131 Å². The van der Waals surface area contributed by atoms with Crippen LogP contribution in [0.15, 0.2) is 103 Å². The highest BCUT2D eigenvalue weighted by molar-refractivity contribution is 7.26. The van der Waals surface area contributed by atoms with E-state index in [9.17, 15) is 5.26 Å². The zero-order chi connectivity index (χ0) is 40.6. The van der Waals surface area contributed by atoms with Crippen LogP contribution in [0.25, 0.3) is 75.2 Å².